The van der Waals surface area contributed by atoms with Gasteiger partial charge < -0.3 is 14.9 Å². The number of hydrogen-bond acceptors (Lipinski definition) is 4. The highest BCUT2D eigenvalue weighted by Gasteiger charge is 2.30. The van der Waals surface area contributed by atoms with Crippen LogP contribution < -0.4 is 4.90 Å². The summed E-state index contributed by atoms with van der Waals surface area (Å²) in [5.41, 5.74) is 2.80. The smallest absolute Gasteiger partial charge is 0.0558 e. The van der Waals surface area contributed by atoms with Crippen LogP contribution in [0.25, 0.3) is 10.8 Å². The van der Waals surface area contributed by atoms with Gasteiger partial charge in [0.1, 0.15) is 0 Å². The average molecular weight is 325 g/mol. The number of likely N-dealkylation sites (N-methyl/N-ethyl adjacent to an activating group) is 1. The van der Waals surface area contributed by atoms with E-state index in [1.165, 1.54) is 47.7 Å². The molecule has 0 radical (unpaired) electrons. The Labute approximate surface area is 144 Å². The van der Waals surface area contributed by atoms with Gasteiger partial charge in [0, 0.05) is 54.0 Å². The fraction of sp³-hybridized carbons (Fsp3) is 0.550. The SMILES string of the molecule is CN(CCO)C1CCC(N2CCc3cncc4cccc2c34)CC1. The highest BCUT2D eigenvalue weighted by Crippen LogP contribution is 2.37. The third-order valence-corrected chi connectivity index (χ3v) is 5.95. The van der Waals surface area contributed by atoms with Gasteiger partial charge in [-0.3, -0.25) is 4.98 Å². The molecule has 0 spiro atoms. The van der Waals surface area contributed by atoms with E-state index in [2.05, 4.69) is 40.0 Å². The van der Waals surface area contributed by atoms with Gasteiger partial charge in [0.25, 0.3) is 0 Å². The first-order chi connectivity index (χ1) is 11.8. The maximum Gasteiger partial charge on any atom is 0.0558 e. The lowest BCUT2D eigenvalue weighted by molar-refractivity contribution is 0.146. The zero-order valence-corrected chi connectivity index (χ0v) is 14.5. The molecule has 1 saturated carbocycles. The van der Waals surface area contributed by atoms with Gasteiger partial charge in [-0.25, -0.2) is 0 Å². The fourth-order valence-electron chi connectivity index (χ4n) is 4.61. The lowest BCUT2D eigenvalue weighted by atomic mass is 9.87. The second kappa shape index (κ2) is 6.69. The lowest BCUT2D eigenvalue weighted by Crippen LogP contribution is -2.45. The zero-order chi connectivity index (χ0) is 16.5. The quantitative estimate of drug-likeness (QED) is 0.938. The van der Waals surface area contributed by atoms with Crippen LogP contribution >= 0.6 is 0 Å². The van der Waals surface area contributed by atoms with Crippen molar-refractivity contribution in [1.29, 1.82) is 0 Å². The first-order valence-electron chi connectivity index (χ1n) is 9.21. The Morgan fingerprint density at radius 2 is 2.04 bits per heavy atom. The highest BCUT2D eigenvalue weighted by molar-refractivity contribution is 5.97. The number of hydrogen-bond donors (Lipinski definition) is 1. The molecule has 2 aromatic rings. The van der Waals surface area contributed by atoms with E-state index in [0.717, 1.165) is 19.5 Å². The van der Waals surface area contributed by atoms with Crippen LogP contribution in [-0.4, -0.2) is 53.8 Å². The van der Waals surface area contributed by atoms with Crippen molar-refractivity contribution in [3.63, 3.8) is 0 Å². The third kappa shape index (κ3) is 2.78. The number of benzene rings is 1. The molecule has 4 rings (SSSR count). The summed E-state index contributed by atoms with van der Waals surface area (Å²) in [6.45, 7) is 2.16. The normalized spacial score (nSPS) is 23.9. The van der Waals surface area contributed by atoms with Crippen LogP contribution in [-0.2, 0) is 6.42 Å². The third-order valence-electron chi connectivity index (χ3n) is 5.95. The minimum Gasteiger partial charge on any atom is -0.395 e. The first-order valence-corrected chi connectivity index (χ1v) is 9.21. The number of aromatic nitrogens is 1. The Hall–Kier alpha value is -1.65. The Bertz CT molecular complexity index is 704. The Balaban J connectivity index is 1.54. The van der Waals surface area contributed by atoms with Gasteiger partial charge in [0.05, 0.1) is 6.61 Å². The van der Waals surface area contributed by atoms with E-state index in [1.54, 1.807) is 0 Å². The molecule has 4 nitrogen and oxygen atoms in total. The predicted molar refractivity (Wildman–Crippen MR) is 98.6 cm³/mol. The van der Waals surface area contributed by atoms with Gasteiger partial charge >= 0.3 is 0 Å². The molecule has 0 bridgehead atoms. The first kappa shape index (κ1) is 15.9. The molecule has 1 aliphatic carbocycles. The lowest BCUT2D eigenvalue weighted by Gasteiger charge is -2.42. The molecular formula is C20H27N3O. The predicted octanol–water partition coefficient (Wildman–Crippen LogP) is 2.83. The summed E-state index contributed by atoms with van der Waals surface area (Å²) in [6.07, 6.45) is 10.1. The summed E-state index contributed by atoms with van der Waals surface area (Å²) >= 11 is 0. The van der Waals surface area contributed by atoms with Gasteiger partial charge in [-0.1, -0.05) is 12.1 Å². The van der Waals surface area contributed by atoms with Crippen LogP contribution in [0.3, 0.4) is 0 Å². The van der Waals surface area contributed by atoms with E-state index < -0.39 is 0 Å². The molecule has 1 aromatic carbocycles. The maximum atomic E-state index is 9.15. The van der Waals surface area contributed by atoms with Crippen molar-refractivity contribution in [3.8, 4) is 0 Å². The van der Waals surface area contributed by atoms with Crippen LogP contribution in [0, 0.1) is 0 Å². The van der Waals surface area contributed by atoms with Crippen molar-refractivity contribution in [3.05, 3.63) is 36.2 Å². The molecule has 1 aromatic heterocycles. The molecule has 1 aliphatic heterocycles. The highest BCUT2D eigenvalue weighted by atomic mass is 16.3. The van der Waals surface area contributed by atoms with Crippen molar-refractivity contribution in [2.45, 2.75) is 44.2 Å². The minimum atomic E-state index is 0.259. The fourth-order valence-corrected chi connectivity index (χ4v) is 4.61. The summed E-state index contributed by atoms with van der Waals surface area (Å²) in [6, 6.07) is 7.91. The number of pyridine rings is 1. The number of aliphatic hydroxyl groups excluding tert-OH is 1. The molecule has 24 heavy (non-hydrogen) atoms. The number of nitrogens with zero attached hydrogens (tertiary/aromatic N) is 3. The molecule has 1 N–H and O–H groups in total. The second-order valence-electron chi connectivity index (χ2n) is 7.28. The zero-order valence-electron chi connectivity index (χ0n) is 14.5. The molecule has 4 heteroatoms. The Morgan fingerprint density at radius 1 is 1.21 bits per heavy atom. The Morgan fingerprint density at radius 3 is 2.83 bits per heavy atom. The van der Waals surface area contributed by atoms with Crippen molar-refractivity contribution < 1.29 is 5.11 Å². The number of anilines is 1. The van der Waals surface area contributed by atoms with Crippen LogP contribution in [0.15, 0.2) is 30.6 Å². The molecule has 128 valence electrons. The van der Waals surface area contributed by atoms with Crippen LogP contribution in [0.5, 0.6) is 0 Å². The molecule has 0 atom stereocenters. The van der Waals surface area contributed by atoms with Crippen LogP contribution in [0.2, 0.25) is 0 Å². The molecule has 2 aliphatic rings. The van der Waals surface area contributed by atoms with E-state index >= 15 is 0 Å². The largest absolute Gasteiger partial charge is 0.395 e. The molecule has 1 fully saturated rings. The number of aliphatic hydroxyl groups is 1. The summed E-state index contributed by atoms with van der Waals surface area (Å²) in [7, 11) is 2.14. The maximum absolute atomic E-state index is 9.15. The second-order valence-corrected chi connectivity index (χ2v) is 7.28. The van der Waals surface area contributed by atoms with Crippen LogP contribution in [0.1, 0.15) is 31.2 Å². The van der Waals surface area contributed by atoms with E-state index in [1.807, 2.05) is 12.4 Å². The Kier molecular flexibility index (Phi) is 4.42. The van der Waals surface area contributed by atoms with Gasteiger partial charge in [-0.2, -0.15) is 0 Å². The monoisotopic (exact) mass is 325 g/mol. The molecular weight excluding hydrogens is 298 g/mol. The molecule has 0 saturated heterocycles. The average Bonchev–Trinajstić information content (AvgIpc) is 2.63. The standard InChI is InChI=1S/C20H27N3O/c1-22(11-12-24)17-5-7-18(8-6-17)23-10-9-16-14-21-13-15-3-2-4-19(23)20(15)16/h2-4,13-14,17-18,24H,5-12H2,1H3. The topological polar surface area (TPSA) is 39.6 Å². The van der Waals surface area contributed by atoms with E-state index in [4.69, 9.17) is 5.11 Å². The summed E-state index contributed by atoms with van der Waals surface area (Å²) in [5, 5.41) is 11.8. The number of rotatable bonds is 4. The summed E-state index contributed by atoms with van der Waals surface area (Å²) < 4.78 is 0. The van der Waals surface area contributed by atoms with Gasteiger partial charge in [0.15, 0.2) is 0 Å². The molecule has 0 amide bonds. The van der Waals surface area contributed by atoms with Gasteiger partial charge in [0.2, 0.25) is 0 Å². The van der Waals surface area contributed by atoms with Crippen LogP contribution in [0.4, 0.5) is 5.69 Å². The van der Waals surface area contributed by atoms with Crippen molar-refractivity contribution in [1.82, 2.24) is 9.88 Å². The summed E-state index contributed by atoms with van der Waals surface area (Å²) in [5.74, 6) is 0. The van der Waals surface area contributed by atoms with Crippen molar-refractivity contribution in [2.24, 2.45) is 0 Å². The van der Waals surface area contributed by atoms with Crippen molar-refractivity contribution >= 4 is 16.5 Å². The molecule has 0 unspecified atom stereocenters. The van der Waals surface area contributed by atoms with E-state index in [9.17, 15) is 0 Å². The van der Waals surface area contributed by atoms with Gasteiger partial charge in [-0.15, -0.1) is 0 Å². The van der Waals surface area contributed by atoms with Gasteiger partial charge in [-0.05, 0) is 50.8 Å². The van der Waals surface area contributed by atoms with Crippen molar-refractivity contribution in [2.75, 3.05) is 31.6 Å². The minimum absolute atomic E-state index is 0.259. The van der Waals surface area contributed by atoms with E-state index in [0.29, 0.717) is 12.1 Å². The molecule has 2 heterocycles. The summed E-state index contributed by atoms with van der Waals surface area (Å²) in [4.78, 5) is 9.38. The van der Waals surface area contributed by atoms with E-state index in [-0.39, 0.29) is 6.61 Å².